The van der Waals surface area contributed by atoms with E-state index in [4.69, 9.17) is 4.74 Å². The summed E-state index contributed by atoms with van der Waals surface area (Å²) >= 11 is 1.51. The van der Waals surface area contributed by atoms with Crippen molar-refractivity contribution in [2.75, 3.05) is 0 Å². The zero-order chi connectivity index (χ0) is 23.0. The first-order valence-electron chi connectivity index (χ1n) is 10.3. The lowest BCUT2D eigenvalue weighted by atomic mass is 10.1. The number of benzene rings is 3. The number of hydrogen-bond donors (Lipinski definition) is 0. The van der Waals surface area contributed by atoms with Crippen molar-refractivity contribution in [1.82, 2.24) is 14.8 Å². The quantitative estimate of drug-likeness (QED) is 0.127. The second-order valence-corrected chi connectivity index (χ2v) is 8.10. The van der Waals surface area contributed by atoms with Gasteiger partial charge in [0.2, 0.25) is 0 Å². The molecule has 0 atom stereocenters. The van der Waals surface area contributed by atoms with Crippen molar-refractivity contribution in [3.8, 4) is 16.9 Å². The fraction of sp³-hybridized carbons (Fsp3) is 0.120. The molecule has 166 valence electrons. The van der Waals surface area contributed by atoms with E-state index >= 15 is 0 Å². The SMILES string of the molecule is C=CCn1c(COc2ccccc2-c2ccccc2)nnc1SCc1ccc([N+](=O)[O-])cc1. The van der Waals surface area contributed by atoms with Crippen LogP contribution in [0.25, 0.3) is 11.1 Å². The number of ether oxygens (including phenoxy) is 1. The van der Waals surface area contributed by atoms with Gasteiger partial charge in [0.15, 0.2) is 11.0 Å². The van der Waals surface area contributed by atoms with Crippen LogP contribution in [0, 0.1) is 10.1 Å². The molecule has 8 heteroatoms. The summed E-state index contributed by atoms with van der Waals surface area (Å²) in [5, 5.41) is 20.2. The summed E-state index contributed by atoms with van der Waals surface area (Å²) < 4.78 is 8.11. The molecule has 0 radical (unpaired) electrons. The molecule has 0 spiro atoms. The summed E-state index contributed by atoms with van der Waals surface area (Å²) in [6.45, 7) is 4.66. The van der Waals surface area contributed by atoms with Crippen molar-refractivity contribution in [3.63, 3.8) is 0 Å². The smallest absolute Gasteiger partial charge is 0.269 e. The Balaban J connectivity index is 1.47. The molecule has 33 heavy (non-hydrogen) atoms. The maximum Gasteiger partial charge on any atom is 0.269 e. The Bertz CT molecular complexity index is 1240. The van der Waals surface area contributed by atoms with E-state index < -0.39 is 4.92 Å². The van der Waals surface area contributed by atoms with E-state index in [1.54, 1.807) is 18.2 Å². The van der Waals surface area contributed by atoms with Crippen LogP contribution in [0.4, 0.5) is 5.69 Å². The van der Waals surface area contributed by atoms with Gasteiger partial charge in [-0.15, -0.1) is 16.8 Å². The van der Waals surface area contributed by atoms with Crippen LogP contribution in [-0.4, -0.2) is 19.7 Å². The molecule has 0 aliphatic carbocycles. The van der Waals surface area contributed by atoms with Crippen molar-refractivity contribution >= 4 is 17.4 Å². The fourth-order valence-electron chi connectivity index (χ4n) is 3.30. The Labute approximate surface area is 195 Å². The average Bonchev–Trinajstić information content (AvgIpc) is 3.24. The van der Waals surface area contributed by atoms with Gasteiger partial charge < -0.3 is 4.74 Å². The number of nitro benzene ring substituents is 1. The maximum atomic E-state index is 10.8. The van der Waals surface area contributed by atoms with Gasteiger partial charge in [-0.25, -0.2) is 0 Å². The van der Waals surface area contributed by atoms with Crippen molar-refractivity contribution in [2.24, 2.45) is 0 Å². The minimum Gasteiger partial charge on any atom is -0.485 e. The average molecular weight is 459 g/mol. The molecular formula is C25H22N4O3S. The molecule has 3 aromatic carbocycles. The molecule has 7 nitrogen and oxygen atoms in total. The summed E-state index contributed by atoms with van der Waals surface area (Å²) in [6, 6.07) is 24.5. The number of non-ortho nitro benzene ring substituents is 1. The van der Waals surface area contributed by atoms with E-state index in [9.17, 15) is 10.1 Å². The first kappa shape index (κ1) is 22.3. The van der Waals surface area contributed by atoms with Gasteiger partial charge in [0.1, 0.15) is 12.4 Å². The highest BCUT2D eigenvalue weighted by molar-refractivity contribution is 7.98. The summed E-state index contributed by atoms with van der Waals surface area (Å²) in [5.41, 5.74) is 3.14. The van der Waals surface area contributed by atoms with Crippen LogP contribution in [-0.2, 0) is 18.9 Å². The summed E-state index contributed by atoms with van der Waals surface area (Å²) in [4.78, 5) is 10.4. The number of nitro groups is 1. The highest BCUT2D eigenvalue weighted by Crippen LogP contribution is 2.30. The predicted molar refractivity (Wildman–Crippen MR) is 129 cm³/mol. The number of para-hydroxylation sites is 1. The van der Waals surface area contributed by atoms with Gasteiger partial charge >= 0.3 is 0 Å². The standard InChI is InChI=1S/C25H22N4O3S/c1-2-16-28-24(17-32-23-11-7-6-10-22(23)20-8-4-3-5-9-20)26-27-25(28)33-18-19-12-14-21(15-13-19)29(30)31/h2-15H,1,16-18H2. The number of allylic oxidation sites excluding steroid dienone is 1. The molecule has 0 aliphatic heterocycles. The summed E-state index contributed by atoms with van der Waals surface area (Å²) in [5.74, 6) is 2.09. The number of rotatable bonds is 10. The topological polar surface area (TPSA) is 83.1 Å². The molecule has 4 aromatic rings. The van der Waals surface area contributed by atoms with Gasteiger partial charge in [0, 0.05) is 30.0 Å². The van der Waals surface area contributed by atoms with Crippen LogP contribution in [0.15, 0.2) is 96.7 Å². The first-order valence-corrected chi connectivity index (χ1v) is 11.3. The Morgan fingerprint density at radius 2 is 1.73 bits per heavy atom. The van der Waals surface area contributed by atoms with Crippen molar-refractivity contribution < 1.29 is 9.66 Å². The number of hydrogen-bond acceptors (Lipinski definition) is 6. The highest BCUT2D eigenvalue weighted by Gasteiger charge is 2.14. The van der Waals surface area contributed by atoms with Crippen molar-refractivity contribution in [1.29, 1.82) is 0 Å². The van der Waals surface area contributed by atoms with Crippen LogP contribution < -0.4 is 4.74 Å². The van der Waals surface area contributed by atoms with Crippen LogP contribution in [0.2, 0.25) is 0 Å². The molecule has 1 heterocycles. The highest BCUT2D eigenvalue weighted by atomic mass is 32.2. The van der Waals surface area contributed by atoms with Gasteiger partial charge in [-0.1, -0.05) is 78.5 Å². The van der Waals surface area contributed by atoms with Gasteiger partial charge in [0.25, 0.3) is 5.69 Å². The van der Waals surface area contributed by atoms with Gasteiger partial charge in [-0.2, -0.15) is 0 Å². The van der Waals surface area contributed by atoms with E-state index in [0.29, 0.717) is 18.1 Å². The zero-order valence-corrected chi connectivity index (χ0v) is 18.6. The van der Waals surface area contributed by atoms with E-state index in [1.807, 2.05) is 47.0 Å². The fourth-order valence-corrected chi connectivity index (χ4v) is 4.22. The zero-order valence-electron chi connectivity index (χ0n) is 17.8. The molecule has 0 N–H and O–H groups in total. The Morgan fingerprint density at radius 1 is 1.00 bits per heavy atom. The third-order valence-electron chi connectivity index (χ3n) is 4.95. The van der Waals surface area contributed by atoms with Crippen LogP contribution in [0.3, 0.4) is 0 Å². The van der Waals surface area contributed by atoms with Gasteiger partial charge in [-0.05, 0) is 17.2 Å². The molecular weight excluding hydrogens is 436 g/mol. The number of nitrogens with zero attached hydrogens (tertiary/aromatic N) is 4. The molecule has 0 aliphatic rings. The van der Waals surface area contributed by atoms with E-state index in [0.717, 1.165) is 27.6 Å². The lowest BCUT2D eigenvalue weighted by Crippen LogP contribution is -2.08. The van der Waals surface area contributed by atoms with E-state index in [2.05, 4.69) is 28.9 Å². The summed E-state index contributed by atoms with van der Waals surface area (Å²) in [7, 11) is 0. The van der Waals surface area contributed by atoms with Crippen molar-refractivity contribution in [2.45, 2.75) is 24.1 Å². The van der Waals surface area contributed by atoms with E-state index in [-0.39, 0.29) is 12.3 Å². The normalized spacial score (nSPS) is 10.7. The second-order valence-electron chi connectivity index (χ2n) is 7.16. The largest absolute Gasteiger partial charge is 0.485 e. The third kappa shape index (κ3) is 5.48. The molecule has 1 aromatic heterocycles. The maximum absolute atomic E-state index is 10.8. The third-order valence-corrected chi connectivity index (χ3v) is 5.99. The molecule has 0 bridgehead atoms. The first-order chi connectivity index (χ1) is 16.2. The van der Waals surface area contributed by atoms with Crippen molar-refractivity contribution in [3.05, 3.63) is 113 Å². The summed E-state index contributed by atoms with van der Waals surface area (Å²) in [6.07, 6.45) is 1.79. The second kappa shape index (κ2) is 10.6. The number of aromatic nitrogens is 3. The molecule has 0 unspecified atom stereocenters. The molecule has 4 rings (SSSR count). The van der Waals surface area contributed by atoms with Crippen LogP contribution >= 0.6 is 11.8 Å². The van der Waals surface area contributed by atoms with Gasteiger partial charge in [0.05, 0.1) is 4.92 Å². The van der Waals surface area contributed by atoms with E-state index in [1.165, 1.54) is 23.9 Å². The molecule has 0 saturated carbocycles. The predicted octanol–water partition coefficient (Wildman–Crippen LogP) is 5.91. The lowest BCUT2D eigenvalue weighted by Gasteiger charge is -2.12. The van der Waals surface area contributed by atoms with Gasteiger partial charge in [-0.3, -0.25) is 14.7 Å². The molecule has 0 fully saturated rings. The monoisotopic (exact) mass is 458 g/mol. The lowest BCUT2D eigenvalue weighted by molar-refractivity contribution is -0.384. The van der Waals surface area contributed by atoms with Crippen LogP contribution in [0.5, 0.6) is 5.75 Å². The Morgan fingerprint density at radius 3 is 2.45 bits per heavy atom. The molecule has 0 amide bonds. The minimum absolute atomic E-state index is 0.0776. The minimum atomic E-state index is -0.403. The Kier molecular flexibility index (Phi) is 7.16. The Hall–Kier alpha value is -3.91. The number of thioether (sulfide) groups is 1. The van der Waals surface area contributed by atoms with Crippen LogP contribution in [0.1, 0.15) is 11.4 Å². The molecule has 0 saturated heterocycles.